The smallest absolute Gasteiger partial charge is 0.360 e. The number of aromatic carboxylic acids is 1. The molecule has 2 aromatic rings. The molecule has 19 heavy (non-hydrogen) atoms. The predicted octanol–water partition coefficient (Wildman–Crippen LogP) is 2.92. The van der Waals surface area contributed by atoms with Gasteiger partial charge in [-0.25, -0.2) is 14.8 Å². The molecular weight excluding hydrogens is 244 g/mol. The second-order valence-electron chi connectivity index (χ2n) is 4.01. The molecule has 0 aliphatic rings. The number of hydrogen-bond acceptors (Lipinski definition) is 4. The standard InChI is InChI=1S/C14H14N2O3/c1-2-3-10-4-6-11(7-5-10)19-13-12(14(17)18)15-8-9-16-13/h4-9H,2-3H2,1H3,(H,17,18). The third-order valence-corrected chi connectivity index (χ3v) is 2.54. The number of ether oxygens (including phenoxy) is 1. The van der Waals surface area contributed by atoms with Crippen molar-refractivity contribution in [3.63, 3.8) is 0 Å². The Kier molecular flexibility index (Phi) is 4.07. The van der Waals surface area contributed by atoms with Crippen LogP contribution in [0.5, 0.6) is 11.6 Å². The average molecular weight is 258 g/mol. The fourth-order valence-corrected chi connectivity index (χ4v) is 1.67. The van der Waals surface area contributed by atoms with Crippen LogP contribution >= 0.6 is 0 Å². The summed E-state index contributed by atoms with van der Waals surface area (Å²) in [6.45, 7) is 2.11. The van der Waals surface area contributed by atoms with Gasteiger partial charge in [-0.15, -0.1) is 0 Å². The molecule has 0 spiro atoms. The number of hydrogen-bond donors (Lipinski definition) is 1. The van der Waals surface area contributed by atoms with Crippen molar-refractivity contribution in [3.8, 4) is 11.6 Å². The maximum absolute atomic E-state index is 11.0. The summed E-state index contributed by atoms with van der Waals surface area (Å²) in [5.74, 6) is -0.619. The minimum Gasteiger partial charge on any atom is -0.476 e. The van der Waals surface area contributed by atoms with Gasteiger partial charge in [0.2, 0.25) is 5.69 Å². The summed E-state index contributed by atoms with van der Waals surface area (Å²) in [5, 5.41) is 8.98. The first-order valence-electron chi connectivity index (χ1n) is 6.01. The minimum atomic E-state index is -1.16. The highest BCUT2D eigenvalue weighted by Crippen LogP contribution is 2.22. The van der Waals surface area contributed by atoms with Crippen LogP contribution in [0.2, 0.25) is 0 Å². The Labute approximate surface area is 110 Å². The van der Waals surface area contributed by atoms with E-state index in [4.69, 9.17) is 9.84 Å². The molecule has 0 amide bonds. The quantitative estimate of drug-likeness (QED) is 0.892. The van der Waals surface area contributed by atoms with Crippen molar-refractivity contribution in [3.05, 3.63) is 47.9 Å². The molecule has 0 saturated heterocycles. The monoisotopic (exact) mass is 258 g/mol. The Balaban J connectivity index is 2.19. The number of carboxylic acid groups (broad SMARTS) is 1. The third-order valence-electron chi connectivity index (χ3n) is 2.54. The van der Waals surface area contributed by atoms with E-state index in [0.717, 1.165) is 12.8 Å². The van der Waals surface area contributed by atoms with Crippen molar-refractivity contribution < 1.29 is 14.6 Å². The van der Waals surface area contributed by atoms with E-state index in [9.17, 15) is 4.79 Å². The zero-order valence-electron chi connectivity index (χ0n) is 10.5. The van der Waals surface area contributed by atoms with Gasteiger partial charge < -0.3 is 9.84 Å². The zero-order chi connectivity index (χ0) is 13.7. The van der Waals surface area contributed by atoms with Crippen molar-refractivity contribution in [2.45, 2.75) is 19.8 Å². The number of carboxylic acids is 1. The Bertz CT molecular complexity index is 567. The number of nitrogens with zero attached hydrogens (tertiary/aromatic N) is 2. The highest BCUT2D eigenvalue weighted by Gasteiger charge is 2.14. The van der Waals surface area contributed by atoms with Crippen molar-refractivity contribution in [2.24, 2.45) is 0 Å². The van der Waals surface area contributed by atoms with Gasteiger partial charge in [-0.05, 0) is 24.1 Å². The maximum atomic E-state index is 11.0. The predicted molar refractivity (Wildman–Crippen MR) is 69.5 cm³/mol. The zero-order valence-corrected chi connectivity index (χ0v) is 10.5. The molecule has 98 valence electrons. The highest BCUT2D eigenvalue weighted by atomic mass is 16.5. The molecular formula is C14H14N2O3. The lowest BCUT2D eigenvalue weighted by Gasteiger charge is -2.07. The fraction of sp³-hybridized carbons (Fsp3) is 0.214. The van der Waals surface area contributed by atoms with Gasteiger partial charge in [0.25, 0.3) is 5.88 Å². The number of aromatic nitrogens is 2. The molecule has 1 aromatic carbocycles. The van der Waals surface area contributed by atoms with Crippen LogP contribution in [0.1, 0.15) is 29.4 Å². The third kappa shape index (κ3) is 3.28. The van der Waals surface area contributed by atoms with Crippen LogP contribution in [0.25, 0.3) is 0 Å². The van der Waals surface area contributed by atoms with E-state index in [2.05, 4.69) is 16.9 Å². The van der Waals surface area contributed by atoms with Crippen LogP contribution in [0.15, 0.2) is 36.7 Å². The van der Waals surface area contributed by atoms with E-state index in [0.29, 0.717) is 5.75 Å². The van der Waals surface area contributed by atoms with Gasteiger partial charge in [0.1, 0.15) is 5.75 Å². The minimum absolute atomic E-state index is 0.00163. The van der Waals surface area contributed by atoms with E-state index in [1.54, 1.807) is 12.1 Å². The van der Waals surface area contributed by atoms with Crippen molar-refractivity contribution in [2.75, 3.05) is 0 Å². The van der Waals surface area contributed by atoms with Crippen LogP contribution in [0, 0.1) is 0 Å². The lowest BCUT2D eigenvalue weighted by Crippen LogP contribution is -2.04. The number of rotatable bonds is 5. The molecule has 0 saturated carbocycles. The van der Waals surface area contributed by atoms with E-state index >= 15 is 0 Å². The summed E-state index contributed by atoms with van der Waals surface area (Å²) in [6.07, 6.45) is 4.80. The summed E-state index contributed by atoms with van der Waals surface area (Å²) in [7, 11) is 0. The van der Waals surface area contributed by atoms with E-state index in [-0.39, 0.29) is 11.6 Å². The van der Waals surface area contributed by atoms with Crippen LogP contribution in [-0.4, -0.2) is 21.0 Å². The van der Waals surface area contributed by atoms with Gasteiger partial charge in [-0.1, -0.05) is 25.5 Å². The van der Waals surface area contributed by atoms with Gasteiger partial charge in [0.05, 0.1) is 0 Å². The number of aryl methyl sites for hydroxylation is 1. The molecule has 0 fully saturated rings. The van der Waals surface area contributed by atoms with E-state index < -0.39 is 5.97 Å². The highest BCUT2D eigenvalue weighted by molar-refractivity contribution is 5.87. The van der Waals surface area contributed by atoms with Crippen molar-refractivity contribution >= 4 is 5.97 Å². The van der Waals surface area contributed by atoms with Gasteiger partial charge >= 0.3 is 5.97 Å². The normalized spacial score (nSPS) is 10.2. The first-order chi connectivity index (χ1) is 9.20. The van der Waals surface area contributed by atoms with Crippen LogP contribution < -0.4 is 4.74 Å². The van der Waals surface area contributed by atoms with Gasteiger partial charge in [-0.2, -0.15) is 0 Å². The number of carbonyl (C=O) groups is 1. The molecule has 0 aliphatic carbocycles. The van der Waals surface area contributed by atoms with Crippen molar-refractivity contribution in [1.82, 2.24) is 9.97 Å². The molecule has 0 atom stereocenters. The van der Waals surface area contributed by atoms with Crippen LogP contribution in [0.4, 0.5) is 0 Å². The Morgan fingerprint density at radius 2 is 1.89 bits per heavy atom. The Morgan fingerprint density at radius 1 is 1.21 bits per heavy atom. The lowest BCUT2D eigenvalue weighted by atomic mass is 10.1. The molecule has 0 aliphatic heterocycles. The molecule has 5 heteroatoms. The average Bonchev–Trinajstić information content (AvgIpc) is 2.42. The molecule has 0 unspecified atom stereocenters. The van der Waals surface area contributed by atoms with Crippen LogP contribution in [0.3, 0.4) is 0 Å². The molecule has 1 N–H and O–H groups in total. The SMILES string of the molecule is CCCc1ccc(Oc2nccnc2C(=O)O)cc1. The van der Waals surface area contributed by atoms with Gasteiger partial charge in [-0.3, -0.25) is 0 Å². The number of benzene rings is 1. The molecule has 1 heterocycles. The molecule has 1 aromatic heterocycles. The maximum Gasteiger partial charge on any atom is 0.360 e. The summed E-state index contributed by atoms with van der Waals surface area (Å²) in [4.78, 5) is 18.6. The summed E-state index contributed by atoms with van der Waals surface area (Å²) < 4.78 is 5.45. The summed E-state index contributed by atoms with van der Waals surface area (Å²) >= 11 is 0. The lowest BCUT2D eigenvalue weighted by molar-refractivity contribution is 0.0686. The first kappa shape index (κ1) is 13.0. The Morgan fingerprint density at radius 3 is 2.53 bits per heavy atom. The second-order valence-corrected chi connectivity index (χ2v) is 4.01. The molecule has 0 radical (unpaired) electrons. The van der Waals surface area contributed by atoms with Crippen LogP contribution in [-0.2, 0) is 6.42 Å². The first-order valence-corrected chi connectivity index (χ1v) is 6.01. The Hall–Kier alpha value is -2.43. The van der Waals surface area contributed by atoms with Gasteiger partial charge in [0.15, 0.2) is 0 Å². The molecule has 2 rings (SSSR count). The topological polar surface area (TPSA) is 72.3 Å². The fourth-order valence-electron chi connectivity index (χ4n) is 1.67. The molecule has 0 bridgehead atoms. The van der Waals surface area contributed by atoms with Crippen molar-refractivity contribution in [1.29, 1.82) is 0 Å². The largest absolute Gasteiger partial charge is 0.476 e. The second kappa shape index (κ2) is 5.95. The molecule has 5 nitrogen and oxygen atoms in total. The van der Waals surface area contributed by atoms with E-state index in [1.807, 2.05) is 12.1 Å². The summed E-state index contributed by atoms with van der Waals surface area (Å²) in [6, 6.07) is 7.50. The van der Waals surface area contributed by atoms with Gasteiger partial charge in [0, 0.05) is 12.4 Å². The summed E-state index contributed by atoms with van der Waals surface area (Å²) in [5.41, 5.74) is 1.02. The van der Waals surface area contributed by atoms with E-state index in [1.165, 1.54) is 18.0 Å².